The number of hydrogen-bond acceptors (Lipinski definition) is 7. The fourth-order valence-electron chi connectivity index (χ4n) is 3.07. The molecule has 4 N–H and O–H groups in total. The van der Waals surface area contributed by atoms with Gasteiger partial charge in [0.1, 0.15) is 18.5 Å². The van der Waals surface area contributed by atoms with Crippen molar-refractivity contribution in [2.75, 3.05) is 13.2 Å². The number of carbonyl (C=O) groups is 3. The van der Waals surface area contributed by atoms with E-state index >= 15 is 0 Å². The molecule has 33 heavy (non-hydrogen) atoms. The Labute approximate surface area is 192 Å². The molecule has 0 bridgehead atoms. The summed E-state index contributed by atoms with van der Waals surface area (Å²) in [6.45, 7) is 1.93. The van der Waals surface area contributed by atoms with Crippen LogP contribution in [-0.2, 0) is 9.53 Å². The Kier molecular flexibility index (Phi) is 10.6. The van der Waals surface area contributed by atoms with E-state index in [0.29, 0.717) is 29.7 Å². The number of aliphatic hydroxyl groups is 1. The van der Waals surface area contributed by atoms with Crippen LogP contribution in [0.2, 0.25) is 0 Å². The topological polar surface area (TPSA) is 134 Å². The minimum absolute atomic E-state index is 0.109. The van der Waals surface area contributed by atoms with Crippen molar-refractivity contribution < 1.29 is 34.2 Å². The fourth-order valence-corrected chi connectivity index (χ4v) is 3.07. The van der Waals surface area contributed by atoms with Crippen molar-refractivity contribution >= 4 is 17.9 Å². The number of allylic oxidation sites excluding steroid dienone is 1. The summed E-state index contributed by atoms with van der Waals surface area (Å²) in [7, 11) is 0. The van der Waals surface area contributed by atoms with Gasteiger partial charge >= 0.3 is 6.09 Å². The quantitative estimate of drug-likeness (QED) is 0.232. The number of nitrogens with one attached hydrogen (secondary N) is 2. The van der Waals surface area contributed by atoms with Gasteiger partial charge in [-0.25, -0.2) is 10.3 Å². The van der Waals surface area contributed by atoms with Crippen LogP contribution >= 0.6 is 0 Å². The number of hydroxylamine groups is 1. The van der Waals surface area contributed by atoms with Crippen LogP contribution in [0, 0.1) is 5.92 Å². The summed E-state index contributed by atoms with van der Waals surface area (Å²) in [6, 6.07) is 15.2. The third-order valence-electron chi connectivity index (χ3n) is 4.74. The molecule has 2 rings (SSSR count). The Balaban J connectivity index is 2.10. The van der Waals surface area contributed by atoms with E-state index in [9.17, 15) is 14.4 Å². The van der Waals surface area contributed by atoms with Gasteiger partial charge in [0.2, 0.25) is 0 Å². The Morgan fingerprint density at radius 2 is 1.76 bits per heavy atom. The first-order valence-corrected chi connectivity index (χ1v) is 10.5. The largest absolute Gasteiger partial charge is 0.491 e. The normalized spacial score (nSPS) is 12.6. The highest BCUT2D eigenvalue weighted by molar-refractivity contribution is 6.02. The predicted molar refractivity (Wildman–Crippen MR) is 120 cm³/mol. The summed E-state index contributed by atoms with van der Waals surface area (Å²) in [4.78, 5) is 35.9. The summed E-state index contributed by atoms with van der Waals surface area (Å²) in [5.41, 5.74) is 2.54. The zero-order valence-corrected chi connectivity index (χ0v) is 18.3. The standard InChI is InChI=1S/C24H28N2O7/c1-17(7-5-6-10-21(28)26-31)22(18-11-13-20(14-12-18)32-16-15-27)33-24(30)25-23(29)19-8-3-2-4-9-19/h2-4,6,8-14,17,22,27,31H,5,7,15-16H2,1H3,(H,26,28)(H,25,29,30)/b10-6+/t17-,22-/m0/s1. The number of ether oxygens (including phenoxy) is 2. The average molecular weight is 456 g/mol. The SMILES string of the molecule is C[C@@H](CC/C=C/C(=O)NO)[C@H](OC(=O)NC(=O)c1ccccc1)c1ccc(OCCO)cc1. The first kappa shape index (κ1) is 25.6. The maximum Gasteiger partial charge on any atom is 0.414 e. The van der Waals surface area contributed by atoms with Crippen LogP contribution in [0.1, 0.15) is 41.8 Å². The van der Waals surface area contributed by atoms with Gasteiger partial charge in [0.25, 0.3) is 11.8 Å². The Morgan fingerprint density at radius 1 is 1.06 bits per heavy atom. The molecule has 176 valence electrons. The summed E-state index contributed by atoms with van der Waals surface area (Å²) in [5.74, 6) is -0.820. The molecule has 3 amide bonds. The van der Waals surface area contributed by atoms with Gasteiger partial charge in [-0.3, -0.25) is 20.1 Å². The lowest BCUT2D eigenvalue weighted by Crippen LogP contribution is -2.33. The average Bonchev–Trinajstić information content (AvgIpc) is 2.84. The second-order valence-electron chi connectivity index (χ2n) is 7.22. The Morgan fingerprint density at radius 3 is 2.39 bits per heavy atom. The molecule has 0 heterocycles. The van der Waals surface area contributed by atoms with Crippen molar-refractivity contribution in [3.8, 4) is 5.75 Å². The third-order valence-corrected chi connectivity index (χ3v) is 4.74. The lowest BCUT2D eigenvalue weighted by Gasteiger charge is -2.24. The van der Waals surface area contributed by atoms with Crippen LogP contribution in [-0.4, -0.2) is 41.4 Å². The second kappa shape index (κ2) is 13.7. The number of imide groups is 1. The Hall–Kier alpha value is -3.69. The fraction of sp³-hybridized carbons (Fsp3) is 0.292. The van der Waals surface area contributed by atoms with Crippen LogP contribution in [0.5, 0.6) is 5.75 Å². The highest BCUT2D eigenvalue weighted by Crippen LogP contribution is 2.31. The summed E-state index contributed by atoms with van der Waals surface area (Å²) in [6.07, 6.45) is 2.31. The van der Waals surface area contributed by atoms with Gasteiger partial charge in [0.15, 0.2) is 0 Å². The zero-order chi connectivity index (χ0) is 24.1. The number of alkyl carbamates (subject to hydrolysis) is 1. The molecular weight excluding hydrogens is 428 g/mol. The van der Waals surface area contributed by atoms with Gasteiger partial charge in [-0.1, -0.05) is 43.3 Å². The van der Waals surface area contributed by atoms with E-state index < -0.39 is 24.0 Å². The zero-order valence-electron chi connectivity index (χ0n) is 18.3. The lowest BCUT2D eigenvalue weighted by atomic mass is 9.93. The van der Waals surface area contributed by atoms with E-state index in [1.165, 1.54) is 11.6 Å². The Bertz CT molecular complexity index is 930. The van der Waals surface area contributed by atoms with E-state index in [0.717, 1.165) is 0 Å². The predicted octanol–water partition coefficient (Wildman–Crippen LogP) is 3.14. The molecule has 0 spiro atoms. The molecule has 0 aliphatic carbocycles. The number of rotatable bonds is 11. The van der Waals surface area contributed by atoms with Gasteiger partial charge in [-0.05, 0) is 48.6 Å². The first-order valence-electron chi connectivity index (χ1n) is 10.5. The molecule has 9 heteroatoms. The van der Waals surface area contributed by atoms with Crippen molar-refractivity contribution in [1.82, 2.24) is 10.8 Å². The van der Waals surface area contributed by atoms with Crippen LogP contribution in [0.25, 0.3) is 0 Å². The van der Waals surface area contributed by atoms with Gasteiger partial charge in [0.05, 0.1) is 6.61 Å². The van der Waals surface area contributed by atoms with Crippen LogP contribution < -0.4 is 15.5 Å². The highest BCUT2D eigenvalue weighted by Gasteiger charge is 2.24. The van der Waals surface area contributed by atoms with E-state index in [1.807, 2.05) is 6.92 Å². The third kappa shape index (κ3) is 8.76. The van der Waals surface area contributed by atoms with E-state index in [-0.39, 0.29) is 19.1 Å². The molecule has 0 radical (unpaired) electrons. The molecule has 2 aromatic carbocycles. The van der Waals surface area contributed by atoms with E-state index in [1.54, 1.807) is 60.7 Å². The van der Waals surface area contributed by atoms with Crippen LogP contribution in [0.4, 0.5) is 4.79 Å². The molecule has 9 nitrogen and oxygen atoms in total. The maximum absolute atomic E-state index is 12.5. The lowest BCUT2D eigenvalue weighted by molar-refractivity contribution is -0.124. The molecule has 0 saturated heterocycles. The molecule has 0 fully saturated rings. The molecular formula is C24H28N2O7. The van der Waals surface area contributed by atoms with Gasteiger partial charge in [0, 0.05) is 11.6 Å². The summed E-state index contributed by atoms with van der Waals surface area (Å²) >= 11 is 0. The molecule has 2 atom stereocenters. The molecule has 0 unspecified atom stereocenters. The monoisotopic (exact) mass is 456 g/mol. The maximum atomic E-state index is 12.5. The summed E-state index contributed by atoms with van der Waals surface area (Å²) in [5, 5.41) is 19.7. The number of amides is 3. The molecule has 0 saturated carbocycles. The van der Waals surface area contributed by atoms with Crippen molar-refractivity contribution in [3.63, 3.8) is 0 Å². The van der Waals surface area contributed by atoms with E-state index in [4.69, 9.17) is 19.8 Å². The molecule has 0 aromatic heterocycles. The first-order chi connectivity index (χ1) is 15.9. The second-order valence-corrected chi connectivity index (χ2v) is 7.22. The van der Waals surface area contributed by atoms with Crippen molar-refractivity contribution in [2.45, 2.75) is 25.9 Å². The molecule has 2 aromatic rings. The van der Waals surface area contributed by atoms with E-state index in [2.05, 4.69) is 5.32 Å². The van der Waals surface area contributed by atoms with Gasteiger partial charge < -0.3 is 14.6 Å². The van der Waals surface area contributed by atoms with Crippen molar-refractivity contribution in [2.24, 2.45) is 5.92 Å². The minimum Gasteiger partial charge on any atom is -0.491 e. The van der Waals surface area contributed by atoms with Gasteiger partial charge in [-0.2, -0.15) is 0 Å². The van der Waals surface area contributed by atoms with Crippen molar-refractivity contribution in [3.05, 3.63) is 77.9 Å². The van der Waals surface area contributed by atoms with Crippen LogP contribution in [0.3, 0.4) is 0 Å². The molecule has 0 aliphatic heterocycles. The van der Waals surface area contributed by atoms with Crippen molar-refractivity contribution in [1.29, 1.82) is 0 Å². The molecule has 0 aliphatic rings. The minimum atomic E-state index is -0.878. The number of aliphatic hydroxyl groups excluding tert-OH is 1. The van der Waals surface area contributed by atoms with Gasteiger partial charge in [-0.15, -0.1) is 0 Å². The number of hydrogen-bond donors (Lipinski definition) is 4. The highest BCUT2D eigenvalue weighted by atomic mass is 16.6. The smallest absolute Gasteiger partial charge is 0.414 e. The number of carbonyl (C=O) groups excluding carboxylic acids is 3. The number of benzene rings is 2. The summed E-state index contributed by atoms with van der Waals surface area (Å²) < 4.78 is 11.0. The van der Waals surface area contributed by atoms with Crippen LogP contribution in [0.15, 0.2) is 66.7 Å².